The van der Waals surface area contributed by atoms with Gasteiger partial charge in [0.15, 0.2) is 10.4 Å². The standard InChI is InChI=1S/C13H6BrCl2NO2/c14-11-2-1-10(19-11)13(18)7-5-17-9-4-6(15)3-8(16)12(7)9/h1-5,17H. The SMILES string of the molecule is O=C(c1ccc(Br)o1)c1c[nH]c2cc(Cl)cc(Cl)c12. The molecule has 1 aromatic carbocycles. The van der Waals surface area contributed by atoms with Gasteiger partial charge < -0.3 is 9.40 Å². The zero-order valence-electron chi connectivity index (χ0n) is 9.34. The van der Waals surface area contributed by atoms with Gasteiger partial charge in [-0.2, -0.15) is 0 Å². The molecule has 0 atom stereocenters. The lowest BCUT2D eigenvalue weighted by atomic mass is 10.1. The third-order valence-electron chi connectivity index (χ3n) is 2.74. The molecule has 96 valence electrons. The first-order valence-electron chi connectivity index (χ1n) is 5.32. The van der Waals surface area contributed by atoms with Crippen LogP contribution in [0.4, 0.5) is 0 Å². The van der Waals surface area contributed by atoms with Crippen LogP contribution in [0.1, 0.15) is 16.1 Å². The molecule has 0 aliphatic heterocycles. The summed E-state index contributed by atoms with van der Waals surface area (Å²) in [6.45, 7) is 0. The number of nitrogens with one attached hydrogen (secondary N) is 1. The van der Waals surface area contributed by atoms with Crippen molar-refractivity contribution in [1.82, 2.24) is 4.98 Å². The first-order chi connectivity index (χ1) is 9.06. The minimum atomic E-state index is -0.235. The van der Waals surface area contributed by atoms with Gasteiger partial charge in [-0.05, 0) is 40.2 Å². The van der Waals surface area contributed by atoms with Crippen molar-refractivity contribution in [2.75, 3.05) is 0 Å². The Hall–Kier alpha value is -1.23. The fourth-order valence-corrected chi connectivity index (χ4v) is 2.83. The highest BCUT2D eigenvalue weighted by Crippen LogP contribution is 2.31. The van der Waals surface area contributed by atoms with E-state index in [4.69, 9.17) is 27.6 Å². The van der Waals surface area contributed by atoms with Crippen LogP contribution in [0.2, 0.25) is 10.0 Å². The molecule has 0 bridgehead atoms. The van der Waals surface area contributed by atoms with Crippen LogP contribution in [0.25, 0.3) is 10.9 Å². The number of aromatic amines is 1. The van der Waals surface area contributed by atoms with Crippen LogP contribution >= 0.6 is 39.1 Å². The number of ketones is 1. The third-order valence-corrected chi connectivity index (χ3v) is 3.68. The van der Waals surface area contributed by atoms with Gasteiger partial charge in [0, 0.05) is 22.1 Å². The highest BCUT2D eigenvalue weighted by molar-refractivity contribution is 9.10. The number of H-pyrrole nitrogens is 1. The van der Waals surface area contributed by atoms with Gasteiger partial charge in [-0.15, -0.1) is 0 Å². The first-order valence-corrected chi connectivity index (χ1v) is 6.87. The molecule has 0 radical (unpaired) electrons. The number of aromatic nitrogens is 1. The molecule has 2 aromatic heterocycles. The topological polar surface area (TPSA) is 46.0 Å². The Bertz CT molecular complexity index is 791. The third kappa shape index (κ3) is 2.20. The summed E-state index contributed by atoms with van der Waals surface area (Å²) in [5.74, 6) is 0.0139. The normalized spacial score (nSPS) is 11.1. The molecule has 0 unspecified atom stereocenters. The predicted molar refractivity (Wildman–Crippen MR) is 78.2 cm³/mol. The second kappa shape index (κ2) is 4.71. The van der Waals surface area contributed by atoms with Gasteiger partial charge in [-0.3, -0.25) is 4.79 Å². The molecular formula is C13H6BrCl2NO2. The van der Waals surface area contributed by atoms with E-state index < -0.39 is 0 Å². The number of hydrogen-bond acceptors (Lipinski definition) is 2. The minimum absolute atomic E-state index is 0.235. The molecule has 0 aliphatic carbocycles. The van der Waals surface area contributed by atoms with E-state index in [9.17, 15) is 4.79 Å². The first kappa shape index (κ1) is 12.8. The fraction of sp³-hybridized carbons (Fsp3) is 0. The number of halogens is 3. The second-order valence-electron chi connectivity index (χ2n) is 3.95. The van der Waals surface area contributed by atoms with E-state index in [2.05, 4.69) is 20.9 Å². The summed E-state index contributed by atoms with van der Waals surface area (Å²) in [4.78, 5) is 15.3. The monoisotopic (exact) mass is 357 g/mol. The van der Waals surface area contributed by atoms with E-state index in [1.54, 1.807) is 30.5 Å². The molecule has 3 rings (SSSR count). The maximum atomic E-state index is 12.3. The van der Waals surface area contributed by atoms with E-state index >= 15 is 0 Å². The van der Waals surface area contributed by atoms with Gasteiger partial charge in [0.25, 0.3) is 0 Å². The van der Waals surface area contributed by atoms with Crippen molar-refractivity contribution in [1.29, 1.82) is 0 Å². The lowest BCUT2D eigenvalue weighted by Gasteiger charge is -1.99. The van der Waals surface area contributed by atoms with E-state index in [1.807, 2.05) is 0 Å². The Morgan fingerprint density at radius 2 is 2.05 bits per heavy atom. The van der Waals surface area contributed by atoms with Gasteiger partial charge in [-0.1, -0.05) is 23.2 Å². The number of rotatable bonds is 2. The van der Waals surface area contributed by atoms with Crippen molar-refractivity contribution in [2.45, 2.75) is 0 Å². The second-order valence-corrected chi connectivity index (χ2v) is 5.57. The summed E-state index contributed by atoms with van der Waals surface area (Å²) < 4.78 is 5.77. The number of benzene rings is 1. The van der Waals surface area contributed by atoms with Gasteiger partial charge in [0.05, 0.1) is 10.6 Å². The number of carbonyl (C=O) groups excluding carboxylic acids is 1. The zero-order chi connectivity index (χ0) is 13.6. The van der Waals surface area contributed by atoms with E-state index in [0.29, 0.717) is 31.2 Å². The Morgan fingerprint density at radius 1 is 1.26 bits per heavy atom. The average Bonchev–Trinajstić information content (AvgIpc) is 2.94. The van der Waals surface area contributed by atoms with Crippen molar-refractivity contribution in [3.05, 3.63) is 56.5 Å². The lowest BCUT2D eigenvalue weighted by molar-refractivity contribution is 0.101. The fourth-order valence-electron chi connectivity index (χ4n) is 1.93. The molecule has 3 aromatic rings. The molecule has 6 heteroatoms. The molecule has 0 spiro atoms. The summed E-state index contributed by atoms with van der Waals surface area (Å²) in [5, 5.41) is 1.58. The van der Waals surface area contributed by atoms with Crippen LogP contribution in [-0.2, 0) is 0 Å². The van der Waals surface area contributed by atoms with Crippen LogP contribution in [0.5, 0.6) is 0 Å². The quantitative estimate of drug-likeness (QED) is 0.650. The Kier molecular flexibility index (Phi) is 3.17. The molecular weight excluding hydrogens is 353 g/mol. The minimum Gasteiger partial charge on any atom is -0.446 e. The largest absolute Gasteiger partial charge is 0.446 e. The van der Waals surface area contributed by atoms with Crippen molar-refractivity contribution in [3.8, 4) is 0 Å². The molecule has 2 heterocycles. The van der Waals surface area contributed by atoms with Crippen LogP contribution in [0.15, 0.2) is 39.5 Å². The van der Waals surface area contributed by atoms with Crippen LogP contribution in [-0.4, -0.2) is 10.8 Å². The van der Waals surface area contributed by atoms with E-state index in [0.717, 1.165) is 0 Å². The van der Waals surface area contributed by atoms with Crippen molar-refractivity contribution >= 4 is 55.8 Å². The van der Waals surface area contributed by atoms with Gasteiger partial charge >= 0.3 is 0 Å². The van der Waals surface area contributed by atoms with Crippen LogP contribution < -0.4 is 0 Å². The van der Waals surface area contributed by atoms with Gasteiger partial charge in [0.2, 0.25) is 5.78 Å². The average molecular weight is 359 g/mol. The predicted octanol–water partition coefficient (Wildman–Crippen LogP) is 5.06. The van der Waals surface area contributed by atoms with Crippen molar-refractivity contribution in [2.24, 2.45) is 0 Å². The molecule has 0 aliphatic rings. The maximum absolute atomic E-state index is 12.3. The molecule has 0 fully saturated rings. The van der Waals surface area contributed by atoms with Crippen LogP contribution in [0.3, 0.4) is 0 Å². The Labute approximate surface area is 126 Å². The van der Waals surface area contributed by atoms with Gasteiger partial charge in [0.1, 0.15) is 0 Å². The number of furan rings is 1. The Morgan fingerprint density at radius 3 is 2.74 bits per heavy atom. The number of hydrogen-bond donors (Lipinski definition) is 1. The maximum Gasteiger partial charge on any atom is 0.230 e. The molecule has 0 saturated carbocycles. The van der Waals surface area contributed by atoms with Crippen molar-refractivity contribution < 1.29 is 9.21 Å². The molecule has 1 N–H and O–H groups in total. The van der Waals surface area contributed by atoms with Crippen LogP contribution in [0, 0.1) is 0 Å². The highest BCUT2D eigenvalue weighted by Gasteiger charge is 2.19. The summed E-state index contributed by atoms with van der Waals surface area (Å²) >= 11 is 15.2. The number of fused-ring (bicyclic) bond motifs is 1. The van der Waals surface area contributed by atoms with Crippen molar-refractivity contribution in [3.63, 3.8) is 0 Å². The molecule has 0 amide bonds. The highest BCUT2D eigenvalue weighted by atomic mass is 79.9. The van der Waals surface area contributed by atoms with E-state index in [1.165, 1.54) is 0 Å². The summed E-state index contributed by atoms with van der Waals surface area (Å²) in [7, 11) is 0. The lowest BCUT2D eigenvalue weighted by Crippen LogP contribution is -1.98. The van der Waals surface area contributed by atoms with E-state index in [-0.39, 0.29) is 11.5 Å². The summed E-state index contributed by atoms with van der Waals surface area (Å²) in [5.41, 5.74) is 1.17. The van der Waals surface area contributed by atoms with Gasteiger partial charge in [-0.25, -0.2) is 0 Å². The molecule has 3 nitrogen and oxygen atoms in total. The zero-order valence-corrected chi connectivity index (χ0v) is 12.4. The Balaban J connectivity index is 2.18. The summed E-state index contributed by atoms with van der Waals surface area (Å²) in [6, 6.07) is 6.60. The number of carbonyl (C=O) groups is 1. The summed E-state index contributed by atoms with van der Waals surface area (Å²) in [6.07, 6.45) is 1.60. The smallest absolute Gasteiger partial charge is 0.230 e. The molecule has 19 heavy (non-hydrogen) atoms. The molecule has 0 saturated heterocycles.